The lowest BCUT2D eigenvalue weighted by Crippen LogP contribution is -2.15. The standard InChI is InChI=1S/C19H23FN2O2/c20-17-10-9-16(21-11-5-2-6-12-23)14-18(17)22-19(24)13-15-7-3-1-4-8-15/h1,3-4,7-10,14,21,23H,2,5-6,11-13H2,(H,22,24). The molecule has 0 aliphatic rings. The molecule has 2 aromatic carbocycles. The Morgan fingerprint density at radius 2 is 1.83 bits per heavy atom. The molecule has 0 saturated heterocycles. The van der Waals surface area contributed by atoms with Gasteiger partial charge in [-0.3, -0.25) is 4.79 Å². The molecule has 0 unspecified atom stereocenters. The normalized spacial score (nSPS) is 10.4. The molecule has 0 aliphatic carbocycles. The van der Waals surface area contributed by atoms with Gasteiger partial charge in [0.2, 0.25) is 5.91 Å². The van der Waals surface area contributed by atoms with Gasteiger partial charge in [0, 0.05) is 18.8 Å². The van der Waals surface area contributed by atoms with Crippen LogP contribution in [0.5, 0.6) is 0 Å². The number of benzene rings is 2. The Hall–Kier alpha value is -2.40. The fraction of sp³-hybridized carbons (Fsp3) is 0.316. The number of aliphatic hydroxyl groups is 1. The molecule has 0 bridgehead atoms. The van der Waals surface area contributed by atoms with Crippen LogP contribution in [-0.2, 0) is 11.2 Å². The van der Waals surface area contributed by atoms with Crippen LogP contribution in [0.15, 0.2) is 48.5 Å². The highest BCUT2D eigenvalue weighted by molar-refractivity contribution is 5.92. The minimum Gasteiger partial charge on any atom is -0.396 e. The van der Waals surface area contributed by atoms with Crippen molar-refractivity contribution in [1.29, 1.82) is 0 Å². The summed E-state index contributed by atoms with van der Waals surface area (Å²) >= 11 is 0. The molecule has 4 nitrogen and oxygen atoms in total. The first-order chi connectivity index (χ1) is 11.7. The monoisotopic (exact) mass is 330 g/mol. The van der Waals surface area contributed by atoms with E-state index in [4.69, 9.17) is 5.11 Å². The third kappa shape index (κ3) is 6.01. The van der Waals surface area contributed by atoms with E-state index in [1.54, 1.807) is 12.1 Å². The van der Waals surface area contributed by atoms with Gasteiger partial charge in [0.05, 0.1) is 12.1 Å². The Balaban J connectivity index is 1.89. The van der Waals surface area contributed by atoms with Gasteiger partial charge in [0.25, 0.3) is 0 Å². The van der Waals surface area contributed by atoms with Crippen LogP contribution < -0.4 is 10.6 Å². The second-order valence-corrected chi connectivity index (χ2v) is 5.62. The topological polar surface area (TPSA) is 61.4 Å². The minimum atomic E-state index is -0.456. The Morgan fingerprint density at radius 1 is 1.04 bits per heavy atom. The zero-order valence-corrected chi connectivity index (χ0v) is 13.6. The summed E-state index contributed by atoms with van der Waals surface area (Å²) < 4.78 is 13.9. The molecule has 3 N–H and O–H groups in total. The van der Waals surface area contributed by atoms with E-state index >= 15 is 0 Å². The molecule has 0 aliphatic heterocycles. The summed E-state index contributed by atoms with van der Waals surface area (Å²) in [5.41, 5.74) is 1.82. The van der Waals surface area contributed by atoms with Crippen molar-refractivity contribution in [3.63, 3.8) is 0 Å². The summed E-state index contributed by atoms with van der Waals surface area (Å²) in [4.78, 5) is 12.1. The quantitative estimate of drug-likeness (QED) is 0.616. The maximum atomic E-state index is 13.9. The van der Waals surface area contributed by atoms with Crippen LogP contribution in [0.4, 0.5) is 15.8 Å². The van der Waals surface area contributed by atoms with Crippen molar-refractivity contribution < 1.29 is 14.3 Å². The fourth-order valence-corrected chi connectivity index (χ4v) is 2.35. The van der Waals surface area contributed by atoms with Crippen LogP contribution in [-0.4, -0.2) is 24.2 Å². The van der Waals surface area contributed by atoms with E-state index in [9.17, 15) is 9.18 Å². The van der Waals surface area contributed by atoms with Gasteiger partial charge in [-0.05, 0) is 43.0 Å². The molecule has 0 saturated carbocycles. The van der Waals surface area contributed by atoms with Gasteiger partial charge in [-0.2, -0.15) is 0 Å². The number of carbonyl (C=O) groups excluding carboxylic acids is 1. The number of carbonyl (C=O) groups is 1. The average Bonchev–Trinajstić information content (AvgIpc) is 2.58. The maximum Gasteiger partial charge on any atom is 0.228 e. The lowest BCUT2D eigenvalue weighted by molar-refractivity contribution is -0.115. The van der Waals surface area contributed by atoms with Gasteiger partial charge in [-0.1, -0.05) is 30.3 Å². The van der Waals surface area contributed by atoms with Crippen LogP contribution in [0.1, 0.15) is 24.8 Å². The summed E-state index contributed by atoms with van der Waals surface area (Å²) in [6.45, 7) is 0.942. The summed E-state index contributed by atoms with van der Waals surface area (Å²) in [6, 6.07) is 13.9. The number of aliphatic hydroxyl groups excluding tert-OH is 1. The van der Waals surface area contributed by atoms with E-state index in [1.165, 1.54) is 6.07 Å². The van der Waals surface area contributed by atoms with Crippen LogP contribution in [0, 0.1) is 5.82 Å². The van der Waals surface area contributed by atoms with Crippen LogP contribution >= 0.6 is 0 Å². The molecule has 24 heavy (non-hydrogen) atoms. The lowest BCUT2D eigenvalue weighted by atomic mass is 10.1. The van der Waals surface area contributed by atoms with Gasteiger partial charge in [-0.15, -0.1) is 0 Å². The Kier molecular flexibility index (Phi) is 7.23. The highest BCUT2D eigenvalue weighted by Crippen LogP contribution is 2.20. The first-order valence-corrected chi connectivity index (χ1v) is 8.17. The van der Waals surface area contributed by atoms with Crippen LogP contribution in [0.2, 0.25) is 0 Å². The molecule has 0 fully saturated rings. The summed E-state index contributed by atoms with van der Waals surface area (Å²) in [6.07, 6.45) is 2.85. The molecule has 128 valence electrons. The van der Waals surface area contributed by atoms with E-state index in [2.05, 4.69) is 10.6 Å². The summed E-state index contributed by atoms with van der Waals surface area (Å²) in [5.74, 6) is -0.706. The first-order valence-electron chi connectivity index (χ1n) is 8.17. The van der Waals surface area contributed by atoms with Gasteiger partial charge in [-0.25, -0.2) is 4.39 Å². The third-order valence-electron chi connectivity index (χ3n) is 3.61. The van der Waals surface area contributed by atoms with Gasteiger partial charge in [0.1, 0.15) is 5.82 Å². The maximum absolute atomic E-state index is 13.9. The van der Waals surface area contributed by atoms with E-state index in [1.807, 2.05) is 30.3 Å². The summed E-state index contributed by atoms with van der Waals surface area (Å²) in [5, 5.41) is 14.6. The Labute approximate surface area is 141 Å². The molecule has 0 atom stereocenters. The number of amides is 1. The lowest BCUT2D eigenvalue weighted by Gasteiger charge is -2.11. The van der Waals surface area contributed by atoms with Crippen LogP contribution in [0.25, 0.3) is 0 Å². The largest absolute Gasteiger partial charge is 0.396 e. The predicted octanol–water partition coefficient (Wildman–Crippen LogP) is 3.58. The van der Waals surface area contributed by atoms with Crippen LogP contribution in [0.3, 0.4) is 0 Å². The molecule has 5 heteroatoms. The van der Waals surface area contributed by atoms with E-state index in [0.717, 1.165) is 37.1 Å². The molecule has 0 aromatic heterocycles. The number of hydrogen-bond donors (Lipinski definition) is 3. The first kappa shape index (κ1) is 17.9. The zero-order chi connectivity index (χ0) is 17.2. The van der Waals surface area contributed by atoms with Crippen molar-refractivity contribution in [2.45, 2.75) is 25.7 Å². The van der Waals surface area contributed by atoms with Gasteiger partial charge >= 0.3 is 0 Å². The van der Waals surface area contributed by atoms with Crippen molar-refractivity contribution >= 4 is 17.3 Å². The number of halogens is 1. The smallest absolute Gasteiger partial charge is 0.228 e. The molecule has 2 rings (SSSR count). The second kappa shape index (κ2) is 9.67. The molecule has 2 aromatic rings. The van der Waals surface area contributed by atoms with Gasteiger partial charge in [0.15, 0.2) is 0 Å². The number of anilines is 2. The van der Waals surface area contributed by atoms with Crippen molar-refractivity contribution in [2.75, 3.05) is 23.8 Å². The zero-order valence-electron chi connectivity index (χ0n) is 13.6. The van der Waals surface area contributed by atoms with Crippen molar-refractivity contribution in [3.8, 4) is 0 Å². The number of hydrogen-bond acceptors (Lipinski definition) is 3. The highest BCUT2D eigenvalue weighted by Gasteiger charge is 2.09. The number of unbranched alkanes of at least 4 members (excludes halogenated alkanes) is 2. The SMILES string of the molecule is O=C(Cc1ccccc1)Nc1cc(NCCCCCO)ccc1F. The van der Waals surface area contributed by atoms with Gasteiger partial charge < -0.3 is 15.7 Å². The minimum absolute atomic E-state index is 0.177. The predicted molar refractivity (Wildman–Crippen MR) is 94.6 cm³/mol. The Bertz CT molecular complexity index is 647. The highest BCUT2D eigenvalue weighted by atomic mass is 19.1. The van der Waals surface area contributed by atoms with E-state index < -0.39 is 5.82 Å². The molecular weight excluding hydrogens is 307 g/mol. The van der Waals surface area contributed by atoms with E-state index in [0.29, 0.717) is 0 Å². The molecular formula is C19H23FN2O2. The third-order valence-corrected chi connectivity index (χ3v) is 3.61. The van der Waals surface area contributed by atoms with Crippen molar-refractivity contribution in [1.82, 2.24) is 0 Å². The fourth-order valence-electron chi connectivity index (χ4n) is 2.35. The Morgan fingerprint density at radius 3 is 2.58 bits per heavy atom. The molecule has 0 spiro atoms. The number of rotatable bonds is 9. The van der Waals surface area contributed by atoms with Crippen molar-refractivity contribution in [3.05, 3.63) is 59.9 Å². The van der Waals surface area contributed by atoms with E-state index in [-0.39, 0.29) is 24.6 Å². The molecule has 0 radical (unpaired) electrons. The summed E-state index contributed by atoms with van der Waals surface area (Å²) in [7, 11) is 0. The molecule has 1 amide bonds. The molecule has 0 heterocycles. The second-order valence-electron chi connectivity index (χ2n) is 5.62. The number of nitrogens with one attached hydrogen (secondary N) is 2. The van der Waals surface area contributed by atoms with Crippen molar-refractivity contribution in [2.24, 2.45) is 0 Å². The average molecular weight is 330 g/mol.